The van der Waals surface area contributed by atoms with Crippen molar-refractivity contribution in [3.05, 3.63) is 54.0 Å². The van der Waals surface area contributed by atoms with Crippen LogP contribution in [-0.2, 0) is 6.61 Å². The second-order valence-corrected chi connectivity index (χ2v) is 3.78. The van der Waals surface area contributed by atoms with Crippen molar-refractivity contribution in [1.82, 2.24) is 4.98 Å². The third kappa shape index (κ3) is 3.20. The van der Waals surface area contributed by atoms with E-state index in [-0.39, 0.29) is 5.82 Å². The molecule has 0 saturated carbocycles. The molecule has 94 valence electrons. The molecule has 0 bridgehead atoms. The average Bonchev–Trinajstić information content (AvgIpc) is 2.40. The number of benzene rings is 1. The molecule has 0 unspecified atom stereocenters. The van der Waals surface area contributed by atoms with E-state index in [2.05, 4.69) is 10.3 Å². The maximum atomic E-state index is 12.7. The first-order valence-corrected chi connectivity index (χ1v) is 5.85. The maximum Gasteiger partial charge on any atom is 0.132 e. The Morgan fingerprint density at radius 2 is 2.00 bits per heavy atom. The molecular weight excluding hydrogens is 231 g/mol. The van der Waals surface area contributed by atoms with Crippen LogP contribution in [0, 0.1) is 5.82 Å². The van der Waals surface area contributed by atoms with Crippen LogP contribution in [0.4, 0.5) is 10.2 Å². The number of halogens is 1. The lowest BCUT2D eigenvalue weighted by Gasteiger charge is -2.10. The topological polar surface area (TPSA) is 34.2 Å². The molecule has 0 aliphatic rings. The van der Waals surface area contributed by atoms with Crippen LogP contribution in [-0.4, -0.2) is 11.5 Å². The summed E-state index contributed by atoms with van der Waals surface area (Å²) < 4.78 is 18.3. The molecule has 2 rings (SSSR count). The first-order chi connectivity index (χ1) is 8.79. The summed E-state index contributed by atoms with van der Waals surface area (Å²) in [6.07, 6.45) is 1.74. The summed E-state index contributed by atoms with van der Waals surface area (Å²) in [5.41, 5.74) is 0.976. The quantitative estimate of drug-likeness (QED) is 0.879. The molecule has 0 spiro atoms. The molecule has 0 fully saturated rings. The second kappa shape index (κ2) is 6.00. The molecule has 0 aliphatic carbocycles. The lowest BCUT2D eigenvalue weighted by Crippen LogP contribution is -2.05. The first kappa shape index (κ1) is 12.4. The van der Waals surface area contributed by atoms with E-state index in [1.165, 1.54) is 12.1 Å². The molecule has 18 heavy (non-hydrogen) atoms. The van der Waals surface area contributed by atoms with Gasteiger partial charge in [-0.05, 0) is 37.3 Å². The molecule has 3 nitrogen and oxygen atoms in total. The molecular formula is C14H15FN2O. The molecule has 0 radical (unpaired) electrons. The normalized spacial score (nSPS) is 10.1. The van der Waals surface area contributed by atoms with E-state index in [4.69, 9.17) is 4.74 Å². The predicted octanol–water partition coefficient (Wildman–Crippen LogP) is 3.23. The Morgan fingerprint density at radius 1 is 1.22 bits per heavy atom. The Morgan fingerprint density at radius 3 is 2.72 bits per heavy atom. The van der Waals surface area contributed by atoms with Crippen LogP contribution in [0.25, 0.3) is 0 Å². The van der Waals surface area contributed by atoms with Crippen LogP contribution in [0.1, 0.15) is 12.5 Å². The fourth-order valence-electron chi connectivity index (χ4n) is 1.57. The Hall–Kier alpha value is -2.10. The second-order valence-electron chi connectivity index (χ2n) is 3.78. The average molecular weight is 246 g/mol. The van der Waals surface area contributed by atoms with Gasteiger partial charge in [-0.1, -0.05) is 6.07 Å². The van der Waals surface area contributed by atoms with E-state index >= 15 is 0 Å². The number of hydrogen-bond acceptors (Lipinski definition) is 3. The highest BCUT2D eigenvalue weighted by atomic mass is 19.1. The highest BCUT2D eigenvalue weighted by Crippen LogP contribution is 2.16. The molecule has 4 heteroatoms. The summed E-state index contributed by atoms with van der Waals surface area (Å²) >= 11 is 0. The Kier molecular flexibility index (Phi) is 4.12. The largest absolute Gasteiger partial charge is 0.489 e. The summed E-state index contributed by atoms with van der Waals surface area (Å²) in [6.45, 7) is 3.22. The number of nitrogens with one attached hydrogen (secondary N) is 1. The number of rotatable bonds is 5. The van der Waals surface area contributed by atoms with Crippen LogP contribution in [0.15, 0.2) is 42.6 Å². The van der Waals surface area contributed by atoms with Gasteiger partial charge in [0.2, 0.25) is 0 Å². The molecule has 1 heterocycles. The van der Waals surface area contributed by atoms with Crippen LogP contribution < -0.4 is 10.1 Å². The number of pyridine rings is 1. The minimum Gasteiger partial charge on any atom is -0.489 e. The minimum absolute atomic E-state index is 0.267. The van der Waals surface area contributed by atoms with Gasteiger partial charge in [-0.2, -0.15) is 0 Å². The van der Waals surface area contributed by atoms with Crippen LogP contribution >= 0.6 is 0 Å². The van der Waals surface area contributed by atoms with E-state index in [1.54, 1.807) is 18.3 Å². The van der Waals surface area contributed by atoms with E-state index in [0.29, 0.717) is 12.4 Å². The van der Waals surface area contributed by atoms with Gasteiger partial charge in [0.05, 0.1) is 0 Å². The molecule has 0 aliphatic heterocycles. The van der Waals surface area contributed by atoms with Crippen LogP contribution in [0.2, 0.25) is 0 Å². The minimum atomic E-state index is -0.267. The highest BCUT2D eigenvalue weighted by Gasteiger charge is 2.03. The number of anilines is 1. The van der Waals surface area contributed by atoms with Crippen molar-refractivity contribution in [2.75, 3.05) is 11.9 Å². The predicted molar refractivity (Wildman–Crippen MR) is 69.1 cm³/mol. The van der Waals surface area contributed by atoms with E-state index in [9.17, 15) is 4.39 Å². The van der Waals surface area contributed by atoms with Crippen molar-refractivity contribution in [3.8, 4) is 5.75 Å². The van der Waals surface area contributed by atoms with E-state index < -0.39 is 0 Å². The first-order valence-electron chi connectivity index (χ1n) is 5.85. The zero-order valence-corrected chi connectivity index (χ0v) is 10.2. The fraction of sp³-hybridized carbons (Fsp3) is 0.214. The Labute approximate surface area is 106 Å². The van der Waals surface area contributed by atoms with Gasteiger partial charge in [-0.15, -0.1) is 0 Å². The van der Waals surface area contributed by atoms with Crippen molar-refractivity contribution in [2.24, 2.45) is 0 Å². The van der Waals surface area contributed by atoms with Crippen molar-refractivity contribution >= 4 is 5.82 Å². The third-order valence-corrected chi connectivity index (χ3v) is 2.44. The van der Waals surface area contributed by atoms with Gasteiger partial charge in [-0.25, -0.2) is 9.37 Å². The van der Waals surface area contributed by atoms with Gasteiger partial charge in [0.25, 0.3) is 0 Å². The zero-order valence-electron chi connectivity index (χ0n) is 10.2. The lowest BCUT2D eigenvalue weighted by atomic mass is 10.2. The van der Waals surface area contributed by atoms with Crippen molar-refractivity contribution in [2.45, 2.75) is 13.5 Å². The van der Waals surface area contributed by atoms with Gasteiger partial charge < -0.3 is 10.1 Å². The van der Waals surface area contributed by atoms with Gasteiger partial charge in [0, 0.05) is 18.3 Å². The van der Waals surface area contributed by atoms with Gasteiger partial charge in [0.15, 0.2) is 0 Å². The Bertz CT molecular complexity index is 499. The summed E-state index contributed by atoms with van der Waals surface area (Å²) in [5.74, 6) is 1.20. The number of aromatic nitrogens is 1. The maximum absolute atomic E-state index is 12.7. The van der Waals surface area contributed by atoms with E-state index in [1.807, 2.05) is 19.1 Å². The molecule has 1 N–H and O–H groups in total. The smallest absolute Gasteiger partial charge is 0.132 e. The molecule has 1 aromatic heterocycles. The van der Waals surface area contributed by atoms with Crippen molar-refractivity contribution in [3.63, 3.8) is 0 Å². The fourth-order valence-corrected chi connectivity index (χ4v) is 1.57. The zero-order chi connectivity index (χ0) is 12.8. The van der Waals surface area contributed by atoms with E-state index in [0.717, 1.165) is 17.9 Å². The van der Waals surface area contributed by atoms with Gasteiger partial charge in [0.1, 0.15) is 24.0 Å². The standard InChI is InChI=1S/C14H15FN2O/c1-2-16-14-11(4-3-9-17-14)10-18-13-7-5-12(15)6-8-13/h3-9H,2,10H2,1H3,(H,16,17). The van der Waals surface area contributed by atoms with Gasteiger partial charge in [-0.3, -0.25) is 0 Å². The SMILES string of the molecule is CCNc1ncccc1COc1ccc(F)cc1. The summed E-state index contributed by atoms with van der Waals surface area (Å²) in [7, 11) is 0. The lowest BCUT2D eigenvalue weighted by molar-refractivity contribution is 0.306. The van der Waals surface area contributed by atoms with Crippen LogP contribution in [0.5, 0.6) is 5.75 Å². The molecule has 0 atom stereocenters. The number of ether oxygens (including phenoxy) is 1. The van der Waals surface area contributed by atoms with Crippen molar-refractivity contribution in [1.29, 1.82) is 0 Å². The highest BCUT2D eigenvalue weighted by molar-refractivity contribution is 5.43. The number of nitrogens with zero attached hydrogens (tertiary/aromatic N) is 1. The molecule has 1 aromatic carbocycles. The monoisotopic (exact) mass is 246 g/mol. The van der Waals surface area contributed by atoms with Crippen molar-refractivity contribution < 1.29 is 9.13 Å². The molecule has 0 amide bonds. The summed E-state index contributed by atoms with van der Waals surface area (Å²) in [6, 6.07) is 9.80. The molecule has 0 saturated heterocycles. The molecule has 2 aromatic rings. The summed E-state index contributed by atoms with van der Waals surface area (Å²) in [4.78, 5) is 4.24. The summed E-state index contributed by atoms with van der Waals surface area (Å²) in [5, 5.41) is 3.17. The van der Waals surface area contributed by atoms with Gasteiger partial charge >= 0.3 is 0 Å². The Balaban J connectivity index is 2.03. The van der Waals surface area contributed by atoms with Crippen LogP contribution in [0.3, 0.4) is 0 Å². The third-order valence-electron chi connectivity index (χ3n) is 2.44. The number of hydrogen-bond donors (Lipinski definition) is 1.